The van der Waals surface area contributed by atoms with Crippen LogP contribution in [0.15, 0.2) is 23.2 Å². The van der Waals surface area contributed by atoms with Gasteiger partial charge < -0.3 is 10.2 Å². The first-order chi connectivity index (χ1) is 10.8. The number of rotatable bonds is 5. The molecule has 23 heavy (non-hydrogen) atoms. The topological polar surface area (TPSA) is 98.1 Å². The second kappa shape index (κ2) is 7.25. The van der Waals surface area contributed by atoms with Crippen LogP contribution < -0.4 is 14.9 Å². The molecule has 1 aliphatic rings. The molecule has 0 spiro atoms. The van der Waals surface area contributed by atoms with Gasteiger partial charge in [0, 0.05) is 31.2 Å². The molecule has 1 unspecified atom stereocenters. The van der Waals surface area contributed by atoms with Gasteiger partial charge in [-0.15, -0.1) is 0 Å². The largest absolute Gasteiger partial charge is 0.353 e. The van der Waals surface area contributed by atoms with E-state index in [4.69, 9.17) is 5.26 Å². The molecule has 0 aliphatic carbocycles. The second-order valence-corrected chi connectivity index (χ2v) is 7.75. The Kier molecular flexibility index (Phi) is 5.57. The summed E-state index contributed by atoms with van der Waals surface area (Å²) in [6.45, 7) is 7.39. The summed E-state index contributed by atoms with van der Waals surface area (Å²) in [5, 5.41) is 12.1. The maximum Gasteiger partial charge on any atom is 0.258 e. The molecule has 0 bridgehead atoms. The lowest BCUT2D eigenvalue weighted by atomic mass is 10.1. The molecule has 1 fully saturated rings. The van der Waals surface area contributed by atoms with Crippen molar-refractivity contribution in [3.05, 3.63) is 18.2 Å². The highest BCUT2D eigenvalue weighted by molar-refractivity contribution is 7.89. The van der Waals surface area contributed by atoms with Gasteiger partial charge in [-0.05, 0) is 32.9 Å². The minimum Gasteiger partial charge on any atom is -0.353 e. The average Bonchev–Trinajstić information content (AvgIpc) is 2.46. The van der Waals surface area contributed by atoms with Gasteiger partial charge in [0.1, 0.15) is 5.82 Å². The first kappa shape index (κ1) is 17.7. The Hall–Kier alpha value is -1.69. The van der Waals surface area contributed by atoms with Crippen LogP contribution >= 0.6 is 0 Å². The van der Waals surface area contributed by atoms with Crippen LogP contribution in [0.1, 0.15) is 27.2 Å². The van der Waals surface area contributed by atoms with Crippen LogP contribution in [0, 0.1) is 11.3 Å². The Labute approximate surface area is 137 Å². The van der Waals surface area contributed by atoms with Gasteiger partial charge in [-0.25, -0.2) is 18.1 Å². The van der Waals surface area contributed by atoms with Crippen LogP contribution in [-0.4, -0.2) is 44.6 Å². The van der Waals surface area contributed by atoms with E-state index < -0.39 is 16.1 Å². The lowest BCUT2D eigenvalue weighted by molar-refractivity contribution is 0.405. The van der Waals surface area contributed by atoms with E-state index in [-0.39, 0.29) is 11.4 Å². The molecule has 0 radical (unpaired) electrons. The zero-order chi connectivity index (χ0) is 17.0. The van der Waals surface area contributed by atoms with Gasteiger partial charge in [0.05, 0.1) is 12.5 Å². The van der Waals surface area contributed by atoms with Gasteiger partial charge in [-0.1, -0.05) is 6.07 Å². The van der Waals surface area contributed by atoms with E-state index in [9.17, 15) is 8.42 Å². The summed E-state index contributed by atoms with van der Waals surface area (Å²) in [5.41, 5.74) is 0. The van der Waals surface area contributed by atoms with Crippen LogP contribution in [0.3, 0.4) is 0 Å². The van der Waals surface area contributed by atoms with Crippen LogP contribution in [-0.2, 0) is 10.0 Å². The van der Waals surface area contributed by atoms with Gasteiger partial charge in [-0.3, -0.25) is 0 Å². The highest BCUT2D eigenvalue weighted by Crippen LogP contribution is 2.18. The number of hydrogen-bond acceptors (Lipinski definition) is 6. The number of aromatic nitrogens is 1. The summed E-state index contributed by atoms with van der Waals surface area (Å²) in [4.78, 5) is 6.40. The van der Waals surface area contributed by atoms with Crippen molar-refractivity contribution < 1.29 is 8.42 Å². The highest BCUT2D eigenvalue weighted by Gasteiger charge is 2.24. The Morgan fingerprint density at radius 3 is 2.70 bits per heavy atom. The predicted octanol–water partition coefficient (Wildman–Crippen LogP) is 0.849. The summed E-state index contributed by atoms with van der Waals surface area (Å²) < 4.78 is 27.2. The van der Waals surface area contributed by atoms with Crippen LogP contribution in [0.4, 0.5) is 5.82 Å². The molecule has 8 heteroatoms. The molecule has 1 aromatic rings. The van der Waals surface area contributed by atoms with E-state index >= 15 is 0 Å². The van der Waals surface area contributed by atoms with E-state index in [1.165, 1.54) is 6.07 Å². The molecule has 0 saturated carbocycles. The minimum absolute atomic E-state index is 0.0152. The summed E-state index contributed by atoms with van der Waals surface area (Å²) in [6.07, 6.45) is 0.117. The summed E-state index contributed by atoms with van der Waals surface area (Å²) in [5.74, 6) is 0.654. The number of piperazine rings is 1. The Balaban J connectivity index is 2.21. The van der Waals surface area contributed by atoms with Gasteiger partial charge in [0.15, 0.2) is 5.03 Å². The number of sulfonamides is 1. The number of nitriles is 1. The molecule has 0 amide bonds. The molecular formula is C15H23N5O2S. The highest BCUT2D eigenvalue weighted by atomic mass is 32.2. The zero-order valence-electron chi connectivity index (χ0n) is 13.7. The van der Waals surface area contributed by atoms with E-state index in [1.807, 2.05) is 12.1 Å². The van der Waals surface area contributed by atoms with Crippen molar-refractivity contribution in [1.82, 2.24) is 15.0 Å². The first-order valence-corrected chi connectivity index (χ1v) is 9.17. The fourth-order valence-electron chi connectivity index (χ4n) is 2.75. The molecule has 3 atom stereocenters. The average molecular weight is 337 g/mol. The molecule has 126 valence electrons. The number of pyridine rings is 1. The van der Waals surface area contributed by atoms with Crippen LogP contribution in [0.2, 0.25) is 0 Å². The molecule has 7 nitrogen and oxygen atoms in total. The van der Waals surface area contributed by atoms with Crippen molar-refractivity contribution in [3.63, 3.8) is 0 Å². The van der Waals surface area contributed by atoms with Crippen molar-refractivity contribution in [2.24, 2.45) is 0 Å². The fraction of sp³-hybridized carbons (Fsp3) is 0.600. The fourth-order valence-corrected chi connectivity index (χ4v) is 3.95. The summed E-state index contributed by atoms with van der Waals surface area (Å²) in [7, 11) is -3.72. The molecule has 2 heterocycles. The van der Waals surface area contributed by atoms with E-state index in [2.05, 4.69) is 33.8 Å². The van der Waals surface area contributed by atoms with Crippen LogP contribution in [0.25, 0.3) is 0 Å². The summed E-state index contributed by atoms with van der Waals surface area (Å²) >= 11 is 0. The Morgan fingerprint density at radius 2 is 2.09 bits per heavy atom. The standard InChI is InChI=1S/C15H23N5O2S/c1-11(7-8-16)19-23(21,22)15-6-4-5-14(18-15)20-9-12(2)17-13(3)10-20/h4-6,11-13,17,19H,7,9-10H2,1-3H3/t11?,12-,13+. The van der Waals surface area contributed by atoms with E-state index in [0.717, 1.165) is 13.1 Å². The van der Waals surface area contributed by atoms with E-state index in [0.29, 0.717) is 17.9 Å². The monoisotopic (exact) mass is 337 g/mol. The maximum atomic E-state index is 12.4. The van der Waals surface area contributed by atoms with Gasteiger partial charge in [0.25, 0.3) is 10.0 Å². The van der Waals surface area contributed by atoms with Crippen molar-refractivity contribution in [2.45, 2.75) is 50.3 Å². The number of hydrogen-bond donors (Lipinski definition) is 2. The predicted molar refractivity (Wildman–Crippen MR) is 88.5 cm³/mol. The van der Waals surface area contributed by atoms with Crippen molar-refractivity contribution >= 4 is 15.8 Å². The van der Waals surface area contributed by atoms with Crippen molar-refractivity contribution in [2.75, 3.05) is 18.0 Å². The molecular weight excluding hydrogens is 314 g/mol. The Morgan fingerprint density at radius 1 is 1.43 bits per heavy atom. The lowest BCUT2D eigenvalue weighted by Crippen LogP contribution is -2.54. The maximum absolute atomic E-state index is 12.4. The van der Waals surface area contributed by atoms with Crippen molar-refractivity contribution in [1.29, 1.82) is 5.26 Å². The molecule has 0 aromatic carbocycles. The summed E-state index contributed by atoms with van der Waals surface area (Å²) in [6, 6.07) is 7.12. The molecule has 2 rings (SSSR count). The van der Waals surface area contributed by atoms with Crippen molar-refractivity contribution in [3.8, 4) is 6.07 Å². The quantitative estimate of drug-likeness (QED) is 0.826. The Bertz CT molecular complexity index is 675. The SMILES string of the molecule is CC(CC#N)NS(=O)(=O)c1cccc(N2C[C@@H](C)N[C@@H](C)C2)n1. The second-order valence-electron chi connectivity index (χ2n) is 6.09. The third-order valence-corrected chi connectivity index (χ3v) is 5.11. The molecule has 2 N–H and O–H groups in total. The molecule has 1 saturated heterocycles. The zero-order valence-corrected chi connectivity index (χ0v) is 14.5. The minimum atomic E-state index is -3.72. The number of anilines is 1. The lowest BCUT2D eigenvalue weighted by Gasteiger charge is -2.37. The van der Waals surface area contributed by atoms with Gasteiger partial charge >= 0.3 is 0 Å². The number of nitrogens with zero attached hydrogens (tertiary/aromatic N) is 3. The van der Waals surface area contributed by atoms with Gasteiger partial charge in [-0.2, -0.15) is 5.26 Å². The third kappa shape index (κ3) is 4.64. The first-order valence-electron chi connectivity index (χ1n) is 7.69. The van der Waals surface area contributed by atoms with Gasteiger partial charge in [0.2, 0.25) is 0 Å². The normalized spacial score (nSPS) is 23.3. The van der Waals surface area contributed by atoms with E-state index in [1.54, 1.807) is 13.0 Å². The third-order valence-electron chi connectivity index (χ3n) is 3.62. The number of nitrogens with one attached hydrogen (secondary N) is 2. The molecule has 1 aromatic heterocycles. The smallest absolute Gasteiger partial charge is 0.258 e. The van der Waals surface area contributed by atoms with Crippen LogP contribution in [0.5, 0.6) is 0 Å². The molecule has 1 aliphatic heterocycles.